The van der Waals surface area contributed by atoms with Crippen LogP contribution in [0, 0.1) is 28.6 Å². The Morgan fingerprint density at radius 2 is 1.82 bits per heavy atom. The Labute approximate surface area is 166 Å². The lowest BCUT2D eigenvalue weighted by Gasteiger charge is -2.62. The van der Waals surface area contributed by atoms with E-state index in [0.29, 0.717) is 19.3 Å². The normalized spacial score (nSPS) is 47.5. The first-order valence-corrected chi connectivity index (χ1v) is 10.7. The van der Waals surface area contributed by atoms with Crippen molar-refractivity contribution >= 4 is 17.5 Å². The fourth-order valence-corrected chi connectivity index (χ4v) is 7.50. The number of ether oxygens (including phenoxy) is 1. The van der Waals surface area contributed by atoms with Gasteiger partial charge < -0.3 is 9.84 Å². The second kappa shape index (κ2) is 6.25. The monoisotopic (exact) mass is 388 g/mol. The molecule has 3 saturated carbocycles. The van der Waals surface area contributed by atoms with E-state index in [9.17, 15) is 19.5 Å². The lowest BCUT2D eigenvalue weighted by molar-refractivity contribution is -0.198. The average Bonchev–Trinajstić information content (AvgIpc) is 2.88. The minimum Gasteiger partial charge on any atom is -0.458 e. The lowest BCUT2D eigenvalue weighted by atomic mass is 9.44. The van der Waals surface area contributed by atoms with Crippen LogP contribution in [0.4, 0.5) is 0 Å². The molecule has 0 aromatic carbocycles. The highest BCUT2D eigenvalue weighted by Crippen LogP contribution is 2.68. The lowest BCUT2D eigenvalue weighted by Crippen LogP contribution is -2.63. The Kier molecular flexibility index (Phi) is 4.42. The van der Waals surface area contributed by atoms with Crippen LogP contribution in [0.3, 0.4) is 0 Å². The molecule has 0 radical (unpaired) electrons. The maximum atomic E-state index is 12.3. The molecular formula is C23H32O5. The summed E-state index contributed by atoms with van der Waals surface area (Å²) in [6.07, 6.45) is 6.12. The first kappa shape index (κ1) is 19.8. The van der Waals surface area contributed by atoms with Crippen molar-refractivity contribution in [1.29, 1.82) is 0 Å². The number of carbonyl (C=O) groups excluding carboxylic acids is 3. The Balaban J connectivity index is 1.79. The van der Waals surface area contributed by atoms with Crippen molar-refractivity contribution in [2.24, 2.45) is 28.6 Å². The number of hydrogen-bond donors (Lipinski definition) is 1. The molecule has 5 heteroatoms. The number of rotatable bonds is 2. The van der Waals surface area contributed by atoms with Gasteiger partial charge in [-0.2, -0.15) is 0 Å². The van der Waals surface area contributed by atoms with Crippen LogP contribution in [0.2, 0.25) is 0 Å². The summed E-state index contributed by atoms with van der Waals surface area (Å²) in [5, 5.41) is 12.0. The largest absolute Gasteiger partial charge is 0.458 e. The molecule has 0 amide bonds. The zero-order chi connectivity index (χ0) is 20.5. The van der Waals surface area contributed by atoms with Crippen molar-refractivity contribution in [3.63, 3.8) is 0 Å². The second-order valence-corrected chi connectivity index (χ2v) is 10.1. The van der Waals surface area contributed by atoms with Crippen molar-refractivity contribution < 1.29 is 24.2 Å². The number of hydrogen-bond acceptors (Lipinski definition) is 5. The van der Waals surface area contributed by atoms with Crippen LogP contribution in [0.25, 0.3) is 0 Å². The maximum absolute atomic E-state index is 12.3. The number of ketones is 2. The van der Waals surface area contributed by atoms with Gasteiger partial charge in [-0.25, -0.2) is 0 Å². The number of esters is 1. The van der Waals surface area contributed by atoms with Crippen LogP contribution in [-0.2, 0) is 19.1 Å². The standard InChI is InChI=1S/C23H32O5/c1-13(24)16-7-10-23(27)18-12-20(28-14(2)25)19-11-15(26)5-8-21(19,3)17(18)6-9-22(16,23)4/h11,16-18,20,27H,5-10,12H2,1-4H3/t16-,17+,18-,20-,21-,22-,23-/m1/s1. The minimum atomic E-state index is -0.930. The van der Waals surface area contributed by atoms with Gasteiger partial charge in [0.25, 0.3) is 0 Å². The highest BCUT2D eigenvalue weighted by molar-refractivity contribution is 5.92. The van der Waals surface area contributed by atoms with Crippen molar-refractivity contribution in [3.05, 3.63) is 11.6 Å². The first-order valence-electron chi connectivity index (χ1n) is 10.7. The predicted molar refractivity (Wildman–Crippen MR) is 103 cm³/mol. The summed E-state index contributed by atoms with van der Waals surface area (Å²) in [6, 6.07) is 0. The van der Waals surface area contributed by atoms with Crippen molar-refractivity contribution in [1.82, 2.24) is 0 Å². The molecule has 3 fully saturated rings. The first-order chi connectivity index (χ1) is 13.0. The van der Waals surface area contributed by atoms with E-state index in [4.69, 9.17) is 4.74 Å². The van der Waals surface area contributed by atoms with E-state index in [-0.39, 0.29) is 40.7 Å². The molecule has 4 aliphatic carbocycles. The number of Topliss-reactive ketones (excluding diaryl/α,β-unsaturated/α-hetero) is 1. The van der Waals surface area contributed by atoms with Crippen LogP contribution < -0.4 is 0 Å². The molecular weight excluding hydrogens is 356 g/mol. The van der Waals surface area contributed by atoms with Gasteiger partial charge in [0.1, 0.15) is 11.9 Å². The zero-order valence-electron chi connectivity index (χ0n) is 17.4. The van der Waals surface area contributed by atoms with Gasteiger partial charge in [-0.05, 0) is 74.3 Å². The van der Waals surface area contributed by atoms with Gasteiger partial charge in [0, 0.05) is 24.7 Å². The Hall–Kier alpha value is -1.49. The SMILES string of the molecule is CC(=O)O[C@@H]1C[C@@H]2[C@H](CC[C@]3(C)[C@@H](C(C)=O)CC[C@@]23O)[C@@]2(C)CCC(=O)C=C12. The van der Waals surface area contributed by atoms with Crippen molar-refractivity contribution in [3.8, 4) is 0 Å². The molecule has 28 heavy (non-hydrogen) atoms. The van der Waals surface area contributed by atoms with Gasteiger partial charge >= 0.3 is 5.97 Å². The van der Waals surface area contributed by atoms with E-state index >= 15 is 0 Å². The molecule has 4 rings (SSSR count). The van der Waals surface area contributed by atoms with Crippen LogP contribution in [0.1, 0.15) is 72.6 Å². The van der Waals surface area contributed by atoms with E-state index in [1.807, 2.05) is 0 Å². The second-order valence-electron chi connectivity index (χ2n) is 10.1. The fraction of sp³-hybridized carbons (Fsp3) is 0.783. The Morgan fingerprint density at radius 3 is 2.46 bits per heavy atom. The van der Waals surface area contributed by atoms with Crippen molar-refractivity contribution in [2.75, 3.05) is 0 Å². The third-order valence-electron chi connectivity index (χ3n) is 8.94. The molecule has 1 N–H and O–H groups in total. The minimum absolute atomic E-state index is 0.0321. The summed E-state index contributed by atoms with van der Waals surface area (Å²) in [4.78, 5) is 36.3. The van der Waals surface area contributed by atoms with E-state index in [1.165, 1.54) is 6.92 Å². The summed E-state index contributed by atoms with van der Waals surface area (Å²) in [5.41, 5.74) is -0.667. The van der Waals surface area contributed by atoms with Gasteiger partial charge in [-0.15, -0.1) is 0 Å². The summed E-state index contributed by atoms with van der Waals surface area (Å²) in [6.45, 7) is 7.31. The van der Waals surface area contributed by atoms with Crippen LogP contribution in [-0.4, -0.2) is 34.3 Å². The molecule has 4 aliphatic rings. The Morgan fingerprint density at radius 1 is 1.11 bits per heavy atom. The average molecular weight is 389 g/mol. The molecule has 154 valence electrons. The summed E-state index contributed by atoms with van der Waals surface area (Å²) in [7, 11) is 0. The van der Waals surface area contributed by atoms with Gasteiger partial charge in [0.15, 0.2) is 5.78 Å². The van der Waals surface area contributed by atoms with Crippen LogP contribution >= 0.6 is 0 Å². The van der Waals surface area contributed by atoms with E-state index in [1.54, 1.807) is 13.0 Å². The topological polar surface area (TPSA) is 80.7 Å². The summed E-state index contributed by atoms with van der Waals surface area (Å²) in [5.74, 6) is 0.00333. The van der Waals surface area contributed by atoms with Gasteiger partial charge in [-0.1, -0.05) is 13.8 Å². The summed E-state index contributed by atoms with van der Waals surface area (Å²) >= 11 is 0. The van der Waals surface area contributed by atoms with Crippen LogP contribution in [0.15, 0.2) is 11.6 Å². The molecule has 0 heterocycles. The van der Waals surface area contributed by atoms with Crippen LogP contribution in [0.5, 0.6) is 0 Å². The van der Waals surface area contributed by atoms with E-state index in [0.717, 1.165) is 31.3 Å². The summed E-state index contributed by atoms with van der Waals surface area (Å²) < 4.78 is 5.69. The molecule has 0 spiro atoms. The number of aliphatic hydroxyl groups is 1. The van der Waals surface area contributed by atoms with Gasteiger partial charge in [0.05, 0.1) is 5.60 Å². The highest BCUT2D eigenvalue weighted by atomic mass is 16.5. The molecule has 0 unspecified atom stereocenters. The van der Waals surface area contributed by atoms with E-state index in [2.05, 4.69) is 13.8 Å². The smallest absolute Gasteiger partial charge is 0.303 e. The fourth-order valence-electron chi connectivity index (χ4n) is 7.50. The van der Waals surface area contributed by atoms with Gasteiger partial charge in [0.2, 0.25) is 0 Å². The third-order valence-corrected chi connectivity index (χ3v) is 8.94. The highest BCUT2D eigenvalue weighted by Gasteiger charge is 2.68. The zero-order valence-corrected chi connectivity index (χ0v) is 17.4. The molecule has 0 saturated heterocycles. The predicted octanol–water partition coefficient (Wildman–Crippen LogP) is 3.38. The third kappa shape index (κ3) is 2.51. The molecule has 5 nitrogen and oxygen atoms in total. The maximum Gasteiger partial charge on any atom is 0.303 e. The van der Waals surface area contributed by atoms with Crippen molar-refractivity contribution in [2.45, 2.75) is 84.3 Å². The Bertz CT molecular complexity index is 769. The van der Waals surface area contributed by atoms with Gasteiger partial charge in [-0.3, -0.25) is 14.4 Å². The van der Waals surface area contributed by atoms with E-state index < -0.39 is 17.1 Å². The molecule has 0 aromatic rings. The molecule has 0 bridgehead atoms. The number of carbonyl (C=O) groups is 3. The quantitative estimate of drug-likeness (QED) is 0.734. The number of fused-ring (bicyclic) bond motifs is 5. The molecule has 0 aromatic heterocycles. The molecule has 7 atom stereocenters. The molecule has 0 aliphatic heterocycles.